The summed E-state index contributed by atoms with van der Waals surface area (Å²) in [6, 6.07) is 0. The fraction of sp³-hybridized carbons (Fsp3) is 0.750. The predicted molar refractivity (Wildman–Crippen MR) is 108 cm³/mol. The summed E-state index contributed by atoms with van der Waals surface area (Å²) < 4.78 is 27.1. The molecule has 0 saturated carbocycles. The molecule has 0 unspecified atom stereocenters. The van der Waals surface area contributed by atoms with Crippen LogP contribution in [0.5, 0.6) is 0 Å². The lowest BCUT2D eigenvalue weighted by atomic mass is 9.97. The number of ether oxygens (including phenoxy) is 5. The van der Waals surface area contributed by atoms with Crippen LogP contribution in [0.25, 0.3) is 0 Å². The molecule has 5 atom stereocenters. The molecule has 176 valence electrons. The Morgan fingerprint density at radius 3 is 1.71 bits per heavy atom. The van der Waals surface area contributed by atoms with Crippen LogP contribution in [0, 0.1) is 0 Å². The van der Waals surface area contributed by atoms with Gasteiger partial charge in [0.1, 0.15) is 12.7 Å². The number of carbonyl (C=O) groups excluding carboxylic acids is 4. The van der Waals surface area contributed by atoms with E-state index >= 15 is 0 Å². The first-order valence-corrected chi connectivity index (χ1v) is 10.1. The number of nitrogens with zero attached hydrogens (tertiary/aromatic N) is 2. The smallest absolute Gasteiger partial charge is 0.303 e. The lowest BCUT2D eigenvalue weighted by molar-refractivity contribution is -0.251. The van der Waals surface area contributed by atoms with Crippen molar-refractivity contribution in [2.24, 2.45) is 4.99 Å². The summed E-state index contributed by atoms with van der Waals surface area (Å²) in [5.41, 5.74) is 0. The molecular formula is C20H32N2O9. The zero-order chi connectivity index (χ0) is 23.7. The molecule has 11 nitrogen and oxygen atoms in total. The van der Waals surface area contributed by atoms with Crippen molar-refractivity contribution < 1.29 is 42.9 Å². The molecule has 1 rings (SSSR count). The summed E-state index contributed by atoms with van der Waals surface area (Å²) in [5, 5.41) is 0. The maximum atomic E-state index is 11.8. The Balaban J connectivity index is 3.45. The zero-order valence-electron chi connectivity index (χ0n) is 19.1. The Morgan fingerprint density at radius 1 is 0.774 bits per heavy atom. The van der Waals surface area contributed by atoms with Crippen LogP contribution in [0.2, 0.25) is 0 Å². The van der Waals surface area contributed by atoms with E-state index in [1.807, 2.05) is 18.7 Å². The average molecular weight is 444 g/mol. The summed E-state index contributed by atoms with van der Waals surface area (Å²) >= 11 is 0. The Morgan fingerprint density at radius 2 is 1.26 bits per heavy atom. The maximum absolute atomic E-state index is 11.8. The third-order valence-electron chi connectivity index (χ3n) is 4.50. The lowest BCUT2D eigenvalue weighted by Gasteiger charge is -2.43. The normalized spacial score (nSPS) is 25.9. The van der Waals surface area contributed by atoms with E-state index in [2.05, 4.69) is 4.99 Å². The number of hydrogen-bond donors (Lipinski definition) is 0. The minimum Gasteiger partial charge on any atom is -0.463 e. The van der Waals surface area contributed by atoms with Gasteiger partial charge in [-0.05, 0) is 20.8 Å². The highest BCUT2D eigenvalue weighted by Crippen LogP contribution is 2.30. The number of aliphatic imine (C=N–C) groups is 1. The number of carbonyl (C=O) groups is 4. The fourth-order valence-corrected chi connectivity index (χ4v) is 3.26. The van der Waals surface area contributed by atoms with Crippen LogP contribution in [-0.4, -0.2) is 85.0 Å². The van der Waals surface area contributed by atoms with Crippen molar-refractivity contribution in [1.29, 1.82) is 0 Å². The van der Waals surface area contributed by atoms with Crippen LogP contribution in [0.1, 0.15) is 48.5 Å². The average Bonchev–Trinajstić information content (AvgIpc) is 2.64. The summed E-state index contributed by atoms with van der Waals surface area (Å²) in [5.74, 6) is -2.00. The topological polar surface area (TPSA) is 130 Å². The maximum Gasteiger partial charge on any atom is 0.303 e. The van der Waals surface area contributed by atoms with Crippen LogP contribution in [-0.2, 0) is 42.9 Å². The van der Waals surface area contributed by atoms with Gasteiger partial charge in [0.25, 0.3) is 0 Å². The lowest BCUT2D eigenvalue weighted by Crippen LogP contribution is -2.62. The Labute approximate surface area is 182 Å². The Hall–Kier alpha value is -2.69. The van der Waals surface area contributed by atoms with Gasteiger partial charge in [0.15, 0.2) is 24.5 Å². The highest BCUT2D eigenvalue weighted by atomic mass is 16.7. The molecule has 0 aromatic rings. The second-order valence-corrected chi connectivity index (χ2v) is 6.94. The van der Waals surface area contributed by atoms with Gasteiger partial charge in [0.2, 0.25) is 0 Å². The van der Waals surface area contributed by atoms with Crippen molar-refractivity contribution in [3.05, 3.63) is 0 Å². The molecule has 1 saturated heterocycles. The molecule has 0 N–H and O–H groups in total. The molecule has 0 radical (unpaired) electrons. The van der Waals surface area contributed by atoms with E-state index in [0.717, 1.165) is 0 Å². The first kappa shape index (κ1) is 26.3. The van der Waals surface area contributed by atoms with Crippen LogP contribution in [0.4, 0.5) is 0 Å². The molecule has 1 fully saturated rings. The van der Waals surface area contributed by atoms with Gasteiger partial charge >= 0.3 is 23.9 Å². The standard InChI is InChI=1S/C20H32N2O9/c1-8-22(9-2)11(3)21-20-19(30-15(7)26)18(29-14(6)25)17(28-13(5)24)16(31-20)10-27-12(4)23/h16-20H,8-10H2,1-7H3/b21-11+/t16-,17-,18+,19-,20-/m1/s1. The van der Waals surface area contributed by atoms with Gasteiger partial charge in [-0.3, -0.25) is 19.2 Å². The van der Waals surface area contributed by atoms with E-state index in [4.69, 9.17) is 23.7 Å². The summed E-state index contributed by atoms with van der Waals surface area (Å²) in [4.78, 5) is 53.1. The van der Waals surface area contributed by atoms with E-state index in [0.29, 0.717) is 18.9 Å². The van der Waals surface area contributed by atoms with Crippen LogP contribution in [0.3, 0.4) is 0 Å². The van der Waals surface area contributed by atoms with Gasteiger partial charge in [-0.15, -0.1) is 0 Å². The van der Waals surface area contributed by atoms with Crippen molar-refractivity contribution in [2.75, 3.05) is 19.7 Å². The Bertz CT molecular complexity index is 690. The van der Waals surface area contributed by atoms with Gasteiger partial charge in [-0.1, -0.05) is 0 Å². The molecule has 0 aromatic carbocycles. The molecule has 0 spiro atoms. The van der Waals surface area contributed by atoms with Gasteiger partial charge in [-0.25, -0.2) is 4.99 Å². The van der Waals surface area contributed by atoms with Crippen molar-refractivity contribution in [3.63, 3.8) is 0 Å². The SMILES string of the molecule is CCN(CC)/C(C)=N/[C@@H]1O[C@H](COC(C)=O)[C@@H](OC(C)=O)[C@H](OC(C)=O)[C@H]1OC(C)=O. The summed E-state index contributed by atoms with van der Waals surface area (Å²) in [6.45, 7) is 11.5. The number of hydrogen-bond acceptors (Lipinski definition) is 10. The summed E-state index contributed by atoms with van der Waals surface area (Å²) in [6.07, 6.45) is -5.71. The van der Waals surface area contributed by atoms with E-state index < -0.39 is 54.5 Å². The molecule has 1 heterocycles. The van der Waals surface area contributed by atoms with E-state index in [-0.39, 0.29) is 6.61 Å². The third kappa shape index (κ3) is 8.16. The monoisotopic (exact) mass is 444 g/mol. The van der Waals surface area contributed by atoms with E-state index in [1.54, 1.807) is 6.92 Å². The summed E-state index contributed by atoms with van der Waals surface area (Å²) in [7, 11) is 0. The number of esters is 4. The zero-order valence-corrected chi connectivity index (χ0v) is 19.1. The van der Waals surface area contributed by atoms with E-state index in [1.165, 1.54) is 27.7 Å². The second-order valence-electron chi connectivity index (χ2n) is 6.94. The minimum atomic E-state index is -1.22. The molecule has 0 amide bonds. The van der Waals surface area contributed by atoms with Crippen molar-refractivity contribution in [3.8, 4) is 0 Å². The van der Waals surface area contributed by atoms with Crippen molar-refractivity contribution in [2.45, 2.75) is 79.1 Å². The molecule has 0 bridgehead atoms. The quantitative estimate of drug-likeness (QED) is 0.230. The van der Waals surface area contributed by atoms with Gasteiger partial charge in [0, 0.05) is 40.8 Å². The first-order valence-electron chi connectivity index (χ1n) is 10.1. The van der Waals surface area contributed by atoms with Crippen LogP contribution < -0.4 is 0 Å². The molecule has 1 aliphatic rings. The number of amidine groups is 1. The molecule has 11 heteroatoms. The first-order chi connectivity index (χ1) is 14.5. The molecule has 31 heavy (non-hydrogen) atoms. The highest BCUT2D eigenvalue weighted by molar-refractivity contribution is 5.80. The van der Waals surface area contributed by atoms with Crippen LogP contribution in [0.15, 0.2) is 4.99 Å². The third-order valence-corrected chi connectivity index (χ3v) is 4.50. The number of rotatable bonds is 8. The largest absolute Gasteiger partial charge is 0.463 e. The molecule has 1 aliphatic heterocycles. The fourth-order valence-electron chi connectivity index (χ4n) is 3.26. The predicted octanol–water partition coefficient (Wildman–Crippen LogP) is 0.830. The molecular weight excluding hydrogens is 412 g/mol. The molecule has 0 aromatic heterocycles. The Kier molecular flexibility index (Phi) is 10.4. The van der Waals surface area contributed by atoms with Gasteiger partial charge < -0.3 is 28.6 Å². The van der Waals surface area contributed by atoms with Gasteiger partial charge in [-0.2, -0.15) is 0 Å². The van der Waals surface area contributed by atoms with Gasteiger partial charge in [0.05, 0.1) is 5.84 Å². The van der Waals surface area contributed by atoms with E-state index in [9.17, 15) is 19.2 Å². The van der Waals surface area contributed by atoms with Crippen LogP contribution >= 0.6 is 0 Å². The van der Waals surface area contributed by atoms with Crippen molar-refractivity contribution in [1.82, 2.24) is 4.90 Å². The minimum absolute atomic E-state index is 0.284. The van der Waals surface area contributed by atoms with Crippen molar-refractivity contribution >= 4 is 29.7 Å². The molecule has 0 aliphatic carbocycles. The highest BCUT2D eigenvalue weighted by Gasteiger charge is 2.52. The second kappa shape index (κ2) is 12.2.